The van der Waals surface area contributed by atoms with Crippen LogP contribution < -0.4 is 26.5 Å². The molecule has 4 nitrogen and oxygen atoms in total. The summed E-state index contributed by atoms with van der Waals surface area (Å²) in [6.45, 7) is 19.8. The van der Waals surface area contributed by atoms with E-state index in [9.17, 15) is 0 Å². The van der Waals surface area contributed by atoms with Crippen molar-refractivity contribution in [3.05, 3.63) is 0 Å². The van der Waals surface area contributed by atoms with Gasteiger partial charge < -0.3 is 8.97 Å². The van der Waals surface area contributed by atoms with E-state index in [0.29, 0.717) is 26.5 Å². The van der Waals surface area contributed by atoms with E-state index >= 15 is 0 Å². The van der Waals surface area contributed by atoms with Gasteiger partial charge in [-0.1, -0.05) is 12.8 Å². The van der Waals surface area contributed by atoms with E-state index in [1.165, 1.54) is 139 Å². The minimum absolute atomic E-state index is 0.530. The summed E-state index contributed by atoms with van der Waals surface area (Å²) in [7, 11) is 0. The van der Waals surface area contributed by atoms with Crippen LogP contribution in [0.3, 0.4) is 0 Å². The summed E-state index contributed by atoms with van der Waals surface area (Å²) in [5.74, 6) is 0. The van der Waals surface area contributed by atoms with Crippen LogP contribution >= 0.6 is 74.5 Å². The number of quaternary nitrogens is 2. The average Bonchev–Trinajstić information content (AvgIpc) is 2.79. The van der Waals surface area contributed by atoms with Crippen molar-refractivity contribution in [2.45, 2.75) is 38.5 Å². The quantitative estimate of drug-likeness (QED) is 0.170. The Hall–Kier alpha value is 4.22. The molecule has 0 aromatic rings. The molecule has 0 N–H and O–H groups in total. The molecule has 0 aromatic heterocycles. The van der Waals surface area contributed by atoms with Crippen molar-refractivity contribution in [3.8, 4) is 0 Å². The van der Waals surface area contributed by atoms with Crippen molar-refractivity contribution in [1.82, 2.24) is 9.80 Å². The molecule has 6 rings (SSSR count). The van der Waals surface area contributed by atoms with E-state index in [1.807, 2.05) is 0 Å². The molecule has 4 bridgehead atoms. The summed E-state index contributed by atoms with van der Waals surface area (Å²) in [5.41, 5.74) is 0. The van der Waals surface area contributed by atoms with E-state index in [1.54, 1.807) is 0 Å². The molecule has 0 unspecified atom stereocenters. The Morgan fingerprint density at radius 1 is 0.467 bits per heavy atom. The van der Waals surface area contributed by atoms with Crippen molar-refractivity contribution in [1.29, 1.82) is 0 Å². The Morgan fingerprint density at radius 2 is 0.700 bits per heavy atom. The van der Waals surface area contributed by atoms with Crippen LogP contribution in [-0.2, 0) is 0 Å². The number of hydrogen-bond donors (Lipinski definition) is 0. The molecule has 0 radical (unpaired) electrons. The molecule has 0 spiro atoms. The normalized spacial score (nSPS) is 34.3. The summed E-state index contributed by atoms with van der Waals surface area (Å²) >= 11 is 10.6. The van der Waals surface area contributed by atoms with Gasteiger partial charge in [0.25, 0.3) is 0 Å². The zero-order valence-electron chi connectivity index (χ0n) is 18.2. The van der Waals surface area contributed by atoms with Gasteiger partial charge in [0.1, 0.15) is 0 Å². The molecule has 6 fully saturated rings. The molecule has 6 aliphatic heterocycles. The Bertz CT molecular complexity index is 375. The maximum atomic E-state index is 2.66. The molecule has 6 aliphatic rings. The van der Waals surface area contributed by atoms with E-state index < -0.39 is 0 Å². The average molecular weight is 1100 g/mol. The van der Waals surface area contributed by atoms with Crippen LogP contribution in [0.25, 0.3) is 0 Å². The van der Waals surface area contributed by atoms with Crippen molar-refractivity contribution >= 4 is 74.5 Å². The summed E-state index contributed by atoms with van der Waals surface area (Å²) in [6, 6.07) is 0. The summed E-state index contributed by atoms with van der Waals surface area (Å²) in [6.07, 6.45) is 8.91. The second kappa shape index (κ2) is 17.6. The fourth-order valence-electron chi connectivity index (χ4n) is 5.74. The maximum absolute atomic E-state index is 2.66. The van der Waals surface area contributed by atoms with Gasteiger partial charge in [0.15, 0.2) is 0 Å². The molecule has 0 aliphatic carbocycles. The van der Waals surface area contributed by atoms with Crippen molar-refractivity contribution in [3.63, 3.8) is 0 Å². The zero-order valence-corrected chi connectivity index (χ0v) is 31.1. The molecule has 0 saturated carbocycles. The first-order valence-corrected chi connectivity index (χ1v) is 36.6. The molecular formula is C20H40I6N4. The van der Waals surface area contributed by atoms with E-state index in [-0.39, 0.29) is 0 Å². The predicted octanol–water partition coefficient (Wildman–Crippen LogP) is -0.830. The number of halogens is 6. The SMILES string of the molecule is C(CCCC[N+]12CCN(CC1)CC2)CCC[N+]12CCN(CC1)CC2.I[I-]I.I[I-]I. The molecule has 0 aromatic carbocycles. The third-order valence-corrected chi connectivity index (χ3v) is 7.86. The van der Waals surface area contributed by atoms with Crippen LogP contribution in [0.2, 0.25) is 0 Å². The number of hydrogen-bond acceptors (Lipinski definition) is 2. The first kappa shape index (κ1) is 30.4. The van der Waals surface area contributed by atoms with Crippen molar-refractivity contribution < 1.29 is 35.5 Å². The third-order valence-electron chi connectivity index (χ3n) is 7.86. The first-order valence-electron chi connectivity index (χ1n) is 11.5. The molecular weight excluding hydrogens is 1060 g/mol. The van der Waals surface area contributed by atoms with Gasteiger partial charge in [0.05, 0.1) is 52.4 Å². The van der Waals surface area contributed by atoms with Gasteiger partial charge in [-0.05, 0) is 25.7 Å². The summed E-state index contributed by atoms with van der Waals surface area (Å²) in [4.78, 5) is 5.32. The van der Waals surface area contributed by atoms with E-state index in [4.69, 9.17) is 0 Å². The molecule has 30 heavy (non-hydrogen) atoms. The van der Waals surface area contributed by atoms with Crippen LogP contribution in [0.1, 0.15) is 38.5 Å². The van der Waals surface area contributed by atoms with Gasteiger partial charge in [0.2, 0.25) is 0 Å². The van der Waals surface area contributed by atoms with Crippen LogP contribution in [-0.4, -0.2) is 110 Å². The van der Waals surface area contributed by atoms with Gasteiger partial charge >= 0.3 is 101 Å². The number of nitrogens with zero attached hydrogens (tertiary/aromatic N) is 4. The van der Waals surface area contributed by atoms with Gasteiger partial charge in [-0.2, -0.15) is 0 Å². The van der Waals surface area contributed by atoms with E-state index in [0.717, 1.165) is 0 Å². The Kier molecular flexibility index (Phi) is 17.9. The third kappa shape index (κ3) is 11.1. The fourth-order valence-corrected chi connectivity index (χ4v) is 5.74. The van der Waals surface area contributed by atoms with E-state index in [2.05, 4.69) is 84.3 Å². The zero-order chi connectivity index (χ0) is 21.7. The van der Waals surface area contributed by atoms with Crippen LogP contribution in [0, 0.1) is 0 Å². The Labute approximate surface area is 245 Å². The minimum atomic E-state index is 0.530. The topological polar surface area (TPSA) is 6.48 Å². The summed E-state index contributed by atoms with van der Waals surface area (Å²) < 4.78 is 2.93. The molecule has 182 valence electrons. The number of unbranched alkanes of at least 4 members (excludes halogenated alkanes) is 5. The molecule has 10 heteroatoms. The van der Waals surface area contributed by atoms with Gasteiger partial charge in [-0.3, -0.25) is 9.80 Å². The molecule has 0 atom stereocenters. The summed E-state index contributed by atoms with van der Waals surface area (Å²) in [5, 5.41) is 0. The van der Waals surface area contributed by atoms with Crippen LogP contribution in [0.4, 0.5) is 0 Å². The molecule has 6 heterocycles. The van der Waals surface area contributed by atoms with Crippen molar-refractivity contribution in [2.75, 3.05) is 91.6 Å². The second-order valence-electron chi connectivity index (χ2n) is 9.38. The monoisotopic (exact) mass is 1100 g/mol. The van der Waals surface area contributed by atoms with Crippen molar-refractivity contribution in [2.24, 2.45) is 0 Å². The standard InChI is InChI=1S/C20H40N4.2I3/c1(3-5-13-23-15-7-21(8-16-23)9-17-23)2-4-6-14-24-18-10-22(11-19-24)12-20-24;2*1-3-2/h1-20H2;;/q+2;2*-1. The second-order valence-corrected chi connectivity index (χ2v) is 41.9. The molecule has 0 amide bonds. The Balaban J connectivity index is 0.000000480. The number of fused-ring (bicyclic) bond motifs is 6. The van der Waals surface area contributed by atoms with Crippen LogP contribution in [0.5, 0.6) is 0 Å². The number of rotatable bonds is 9. The predicted molar refractivity (Wildman–Crippen MR) is 156 cm³/mol. The first-order chi connectivity index (χ1) is 14.6. The molecule has 6 saturated heterocycles. The van der Waals surface area contributed by atoms with Crippen LogP contribution in [0.15, 0.2) is 0 Å². The van der Waals surface area contributed by atoms with Gasteiger partial charge in [0, 0.05) is 39.3 Å². The van der Waals surface area contributed by atoms with Gasteiger partial charge in [-0.25, -0.2) is 0 Å². The van der Waals surface area contributed by atoms with Gasteiger partial charge in [-0.15, -0.1) is 0 Å². The Morgan fingerprint density at radius 3 is 0.967 bits per heavy atom. The fraction of sp³-hybridized carbons (Fsp3) is 1.00. The number of piperazine rings is 6.